The van der Waals surface area contributed by atoms with Crippen molar-refractivity contribution in [3.8, 4) is 17.6 Å². The summed E-state index contributed by atoms with van der Waals surface area (Å²) in [5.41, 5.74) is -3.66. The fraction of sp³-hybridized carbons (Fsp3) is 0.158. The molecule has 0 bridgehead atoms. The molecule has 0 fully saturated rings. The lowest BCUT2D eigenvalue weighted by atomic mass is 10.1. The average Bonchev–Trinajstić information content (AvgIpc) is 2.69. The Morgan fingerprint density at radius 3 is 2.65 bits per heavy atom. The topological polar surface area (TPSA) is 101 Å². The van der Waals surface area contributed by atoms with Crippen molar-refractivity contribution in [3.05, 3.63) is 84.7 Å². The lowest BCUT2D eigenvalue weighted by Gasteiger charge is -2.16. The highest BCUT2D eigenvalue weighted by atomic mass is 35.5. The summed E-state index contributed by atoms with van der Waals surface area (Å²) in [5, 5.41) is 9.14. The Labute approximate surface area is 176 Å². The Kier molecular flexibility index (Phi) is 5.85. The van der Waals surface area contributed by atoms with E-state index in [4.69, 9.17) is 21.6 Å². The van der Waals surface area contributed by atoms with Crippen LogP contribution in [0.1, 0.15) is 22.4 Å². The second-order valence-electron chi connectivity index (χ2n) is 6.32. The van der Waals surface area contributed by atoms with Crippen LogP contribution in [-0.2, 0) is 12.7 Å². The van der Waals surface area contributed by atoms with Crippen LogP contribution in [0.15, 0.2) is 40.3 Å². The van der Waals surface area contributed by atoms with Gasteiger partial charge in [-0.25, -0.2) is 9.37 Å². The quantitative estimate of drug-likeness (QED) is 0.605. The van der Waals surface area contributed by atoms with Gasteiger partial charge >= 0.3 is 6.18 Å². The minimum absolute atomic E-state index is 0.00113. The van der Waals surface area contributed by atoms with Crippen molar-refractivity contribution < 1.29 is 22.3 Å². The van der Waals surface area contributed by atoms with E-state index in [9.17, 15) is 27.2 Å². The first-order valence-corrected chi connectivity index (χ1v) is 8.81. The first-order valence-electron chi connectivity index (χ1n) is 8.43. The largest absolute Gasteiger partial charge is 0.449 e. The molecule has 0 atom stereocenters. The molecule has 31 heavy (non-hydrogen) atoms. The number of rotatable bonds is 4. The van der Waals surface area contributed by atoms with E-state index in [0.29, 0.717) is 10.9 Å². The highest BCUT2D eigenvalue weighted by Crippen LogP contribution is 2.36. The molecule has 2 heterocycles. The van der Waals surface area contributed by atoms with Crippen molar-refractivity contribution in [1.29, 1.82) is 5.26 Å². The van der Waals surface area contributed by atoms with E-state index in [0.717, 1.165) is 18.3 Å². The van der Waals surface area contributed by atoms with Gasteiger partial charge in [0.05, 0.1) is 24.5 Å². The minimum atomic E-state index is -5.05. The van der Waals surface area contributed by atoms with Gasteiger partial charge in [0.25, 0.3) is 11.1 Å². The number of ether oxygens (including phenoxy) is 1. The van der Waals surface area contributed by atoms with Crippen LogP contribution in [0.25, 0.3) is 0 Å². The van der Waals surface area contributed by atoms with Crippen molar-refractivity contribution in [2.75, 3.05) is 0 Å². The predicted octanol–water partition coefficient (Wildman–Crippen LogP) is 3.76. The van der Waals surface area contributed by atoms with Crippen molar-refractivity contribution in [2.45, 2.75) is 19.6 Å². The number of aromatic amines is 1. The molecule has 160 valence electrons. The van der Waals surface area contributed by atoms with E-state index in [1.54, 1.807) is 0 Å². The highest BCUT2D eigenvalue weighted by molar-refractivity contribution is 6.30. The number of pyridine rings is 1. The smallest absolute Gasteiger partial charge is 0.437 e. The maximum absolute atomic E-state index is 13.5. The van der Waals surface area contributed by atoms with E-state index < -0.39 is 41.1 Å². The van der Waals surface area contributed by atoms with Crippen LogP contribution in [0, 0.1) is 24.1 Å². The van der Waals surface area contributed by atoms with Gasteiger partial charge < -0.3 is 9.72 Å². The molecule has 0 radical (unpaired) electrons. The van der Waals surface area contributed by atoms with Crippen molar-refractivity contribution in [1.82, 2.24) is 14.5 Å². The van der Waals surface area contributed by atoms with E-state index in [1.807, 2.05) is 6.07 Å². The lowest BCUT2D eigenvalue weighted by Crippen LogP contribution is -2.28. The van der Waals surface area contributed by atoms with Gasteiger partial charge in [-0.1, -0.05) is 11.6 Å². The molecule has 0 aliphatic heterocycles. The van der Waals surface area contributed by atoms with Crippen LogP contribution in [0.4, 0.5) is 17.6 Å². The molecule has 0 spiro atoms. The van der Waals surface area contributed by atoms with Crippen molar-refractivity contribution >= 4 is 11.6 Å². The maximum atomic E-state index is 13.5. The van der Waals surface area contributed by atoms with E-state index in [-0.39, 0.29) is 27.5 Å². The van der Waals surface area contributed by atoms with Gasteiger partial charge in [-0.2, -0.15) is 18.4 Å². The summed E-state index contributed by atoms with van der Waals surface area (Å²) < 4.78 is 59.7. The maximum Gasteiger partial charge on any atom is 0.437 e. The van der Waals surface area contributed by atoms with Crippen molar-refractivity contribution in [2.24, 2.45) is 0 Å². The molecule has 0 unspecified atom stereocenters. The first-order chi connectivity index (χ1) is 14.5. The zero-order valence-electron chi connectivity index (χ0n) is 15.6. The second kappa shape index (κ2) is 8.23. The number of benzene rings is 1. The molecular formula is C19H11ClF4N4O3. The fourth-order valence-corrected chi connectivity index (χ4v) is 2.87. The molecule has 3 aromatic rings. The molecule has 12 heteroatoms. The van der Waals surface area contributed by atoms with E-state index in [2.05, 4.69) is 9.97 Å². The number of hydrogen-bond donors (Lipinski definition) is 1. The Balaban J connectivity index is 2.17. The number of nitrogens with zero attached hydrogens (tertiary/aromatic N) is 3. The number of nitriles is 1. The van der Waals surface area contributed by atoms with Crippen LogP contribution >= 0.6 is 11.6 Å². The monoisotopic (exact) mass is 454 g/mol. The average molecular weight is 455 g/mol. The molecular weight excluding hydrogens is 444 g/mol. The normalized spacial score (nSPS) is 11.3. The van der Waals surface area contributed by atoms with Gasteiger partial charge in [0.1, 0.15) is 11.6 Å². The SMILES string of the molecule is Cc1c(C#N)cc(Cl)cc1Oc1c(C(F)(F)F)ncn(Cc2cc(F)c[nH]c2=O)c1=O. The van der Waals surface area contributed by atoms with E-state index in [1.165, 1.54) is 13.0 Å². The van der Waals surface area contributed by atoms with Gasteiger partial charge in [-0.05, 0) is 25.1 Å². The van der Waals surface area contributed by atoms with Gasteiger partial charge in [0.2, 0.25) is 5.75 Å². The third-order valence-electron chi connectivity index (χ3n) is 4.21. The zero-order chi connectivity index (χ0) is 22.9. The van der Waals surface area contributed by atoms with Gasteiger partial charge in [0, 0.05) is 22.3 Å². The van der Waals surface area contributed by atoms with Crippen molar-refractivity contribution in [3.63, 3.8) is 0 Å². The van der Waals surface area contributed by atoms with E-state index >= 15 is 0 Å². The number of alkyl halides is 3. The van der Waals surface area contributed by atoms with Gasteiger partial charge in [-0.3, -0.25) is 14.2 Å². The predicted molar refractivity (Wildman–Crippen MR) is 101 cm³/mol. The molecule has 0 saturated carbocycles. The standard InChI is InChI=1S/C19H11ClF4N4O3/c1-9-10(5-25)2-12(20)4-14(9)31-15-16(19(22,23)24)27-8-28(18(15)30)7-11-3-13(21)6-26-17(11)29/h2-4,6,8H,7H2,1H3,(H,26,29). The second-order valence-corrected chi connectivity index (χ2v) is 6.75. The minimum Gasteiger partial charge on any atom is -0.449 e. The Hall–Kier alpha value is -3.65. The summed E-state index contributed by atoms with van der Waals surface area (Å²) in [6, 6.07) is 5.08. The zero-order valence-corrected chi connectivity index (χ0v) is 16.3. The van der Waals surface area contributed by atoms with Crippen LogP contribution in [0.3, 0.4) is 0 Å². The third kappa shape index (κ3) is 4.59. The van der Waals surface area contributed by atoms with Crippen LogP contribution in [0.5, 0.6) is 11.5 Å². The van der Waals surface area contributed by atoms with Crippen LogP contribution in [0.2, 0.25) is 5.02 Å². The summed E-state index contributed by atoms with van der Waals surface area (Å²) in [5.74, 6) is -2.25. The van der Waals surface area contributed by atoms with Gasteiger partial charge in [0.15, 0.2) is 5.69 Å². The summed E-state index contributed by atoms with van der Waals surface area (Å²) in [6.45, 7) is 0.837. The van der Waals surface area contributed by atoms with Crippen LogP contribution in [-0.4, -0.2) is 14.5 Å². The Morgan fingerprint density at radius 2 is 2.00 bits per heavy atom. The number of hydrogen-bond acceptors (Lipinski definition) is 5. The lowest BCUT2D eigenvalue weighted by molar-refractivity contribution is -0.142. The summed E-state index contributed by atoms with van der Waals surface area (Å²) >= 11 is 5.88. The van der Waals surface area contributed by atoms with Crippen LogP contribution < -0.4 is 15.9 Å². The Morgan fingerprint density at radius 1 is 1.29 bits per heavy atom. The molecule has 2 aromatic heterocycles. The summed E-state index contributed by atoms with van der Waals surface area (Å²) in [6.07, 6.45) is -3.68. The number of nitrogens with one attached hydrogen (secondary N) is 1. The summed E-state index contributed by atoms with van der Waals surface area (Å²) in [4.78, 5) is 30.0. The summed E-state index contributed by atoms with van der Waals surface area (Å²) in [7, 11) is 0. The third-order valence-corrected chi connectivity index (χ3v) is 4.43. The molecule has 0 saturated heterocycles. The fourth-order valence-electron chi connectivity index (χ4n) is 2.66. The molecule has 7 nitrogen and oxygen atoms in total. The highest BCUT2D eigenvalue weighted by Gasteiger charge is 2.39. The first kappa shape index (κ1) is 22.0. The molecule has 3 rings (SSSR count). The Bertz CT molecular complexity index is 1330. The number of H-pyrrole nitrogens is 1. The number of aromatic nitrogens is 3. The molecule has 0 amide bonds. The molecule has 0 aliphatic rings. The van der Waals surface area contributed by atoms with Gasteiger partial charge in [-0.15, -0.1) is 0 Å². The molecule has 0 aliphatic carbocycles. The molecule has 1 aromatic carbocycles. The number of halogens is 5. The molecule has 1 N–H and O–H groups in total.